The smallest absolute Gasteiger partial charge is 0.0464 e. The molecule has 1 heteroatoms. The fourth-order valence-corrected chi connectivity index (χ4v) is 3.41. The maximum absolute atomic E-state index is 3.62. The lowest BCUT2D eigenvalue weighted by molar-refractivity contribution is 0.808. The molecule has 1 aliphatic rings. The molecule has 1 nitrogen and oxygen atoms in total. The second-order valence-electron chi connectivity index (χ2n) is 5.91. The highest BCUT2D eigenvalue weighted by Gasteiger charge is 2.14. The quantitative estimate of drug-likeness (QED) is 0.661. The lowest BCUT2D eigenvalue weighted by atomic mass is 9.88. The number of para-hydroxylation sites is 1. The van der Waals surface area contributed by atoms with Crippen molar-refractivity contribution < 1.29 is 0 Å². The van der Waals surface area contributed by atoms with Crippen molar-refractivity contribution in [3.8, 4) is 0 Å². The molecule has 0 unspecified atom stereocenters. The monoisotopic (exact) mass is 273 g/mol. The van der Waals surface area contributed by atoms with Gasteiger partial charge in [-0.1, -0.05) is 42.5 Å². The second-order valence-corrected chi connectivity index (χ2v) is 5.91. The summed E-state index contributed by atoms with van der Waals surface area (Å²) in [6.45, 7) is 2.15. The van der Waals surface area contributed by atoms with Crippen LogP contribution in [0.3, 0.4) is 0 Å². The first-order chi connectivity index (χ1) is 10.3. The molecule has 21 heavy (non-hydrogen) atoms. The molecule has 4 rings (SSSR count). The Balaban J connectivity index is 1.88. The highest BCUT2D eigenvalue weighted by atomic mass is 14.9. The van der Waals surface area contributed by atoms with E-state index in [1.165, 1.54) is 58.1 Å². The molecule has 0 radical (unpaired) electrons. The summed E-state index contributed by atoms with van der Waals surface area (Å²) in [5.74, 6) is 0. The molecule has 1 aliphatic carbocycles. The Labute approximate surface area is 125 Å². The zero-order chi connectivity index (χ0) is 14.2. The molecule has 0 heterocycles. The van der Waals surface area contributed by atoms with E-state index < -0.39 is 0 Å². The molecule has 0 aliphatic heterocycles. The zero-order valence-corrected chi connectivity index (χ0v) is 12.3. The first kappa shape index (κ1) is 12.5. The van der Waals surface area contributed by atoms with Crippen LogP contribution in [0.5, 0.6) is 0 Å². The van der Waals surface area contributed by atoms with Gasteiger partial charge in [-0.05, 0) is 60.4 Å². The highest BCUT2D eigenvalue weighted by Crippen LogP contribution is 2.35. The van der Waals surface area contributed by atoms with Crippen molar-refractivity contribution in [1.82, 2.24) is 0 Å². The van der Waals surface area contributed by atoms with Crippen LogP contribution in [0.15, 0.2) is 54.6 Å². The summed E-state index contributed by atoms with van der Waals surface area (Å²) < 4.78 is 0. The van der Waals surface area contributed by atoms with Gasteiger partial charge in [0, 0.05) is 16.8 Å². The Morgan fingerprint density at radius 2 is 1.57 bits per heavy atom. The van der Waals surface area contributed by atoms with Crippen molar-refractivity contribution in [2.24, 2.45) is 0 Å². The van der Waals surface area contributed by atoms with E-state index in [1.54, 1.807) is 0 Å². The van der Waals surface area contributed by atoms with Crippen molar-refractivity contribution in [3.63, 3.8) is 0 Å². The first-order valence-corrected chi connectivity index (χ1v) is 7.69. The van der Waals surface area contributed by atoms with Gasteiger partial charge in [0.15, 0.2) is 0 Å². The second kappa shape index (κ2) is 4.92. The van der Waals surface area contributed by atoms with Crippen LogP contribution in [0.1, 0.15) is 23.1 Å². The van der Waals surface area contributed by atoms with Crippen LogP contribution in [0, 0.1) is 6.92 Å². The van der Waals surface area contributed by atoms with Crippen LogP contribution in [-0.4, -0.2) is 0 Å². The van der Waals surface area contributed by atoms with Gasteiger partial charge in [-0.3, -0.25) is 0 Å². The zero-order valence-electron chi connectivity index (χ0n) is 12.3. The first-order valence-electron chi connectivity index (χ1n) is 7.69. The van der Waals surface area contributed by atoms with Crippen LogP contribution in [0.4, 0.5) is 11.4 Å². The van der Waals surface area contributed by atoms with Crippen molar-refractivity contribution in [2.45, 2.75) is 26.2 Å². The van der Waals surface area contributed by atoms with Crippen LogP contribution >= 0.6 is 0 Å². The molecule has 0 saturated carbocycles. The molecule has 0 saturated heterocycles. The van der Waals surface area contributed by atoms with Crippen LogP contribution in [0.25, 0.3) is 10.8 Å². The summed E-state index contributed by atoms with van der Waals surface area (Å²) in [6, 6.07) is 19.7. The summed E-state index contributed by atoms with van der Waals surface area (Å²) in [4.78, 5) is 0. The third-order valence-electron chi connectivity index (χ3n) is 4.52. The van der Waals surface area contributed by atoms with E-state index in [1.807, 2.05) is 0 Å². The van der Waals surface area contributed by atoms with Gasteiger partial charge >= 0.3 is 0 Å². The number of hydrogen-bond donors (Lipinski definition) is 1. The third-order valence-corrected chi connectivity index (χ3v) is 4.52. The number of benzene rings is 3. The molecule has 0 fully saturated rings. The van der Waals surface area contributed by atoms with E-state index in [0.717, 1.165) is 0 Å². The van der Waals surface area contributed by atoms with Crippen molar-refractivity contribution >= 4 is 22.1 Å². The van der Waals surface area contributed by atoms with Gasteiger partial charge in [0.05, 0.1) is 0 Å². The van der Waals surface area contributed by atoms with Gasteiger partial charge in [-0.15, -0.1) is 0 Å². The molecule has 0 spiro atoms. The Hall–Kier alpha value is -2.28. The molecule has 0 aromatic heterocycles. The normalized spacial score (nSPS) is 13.4. The fraction of sp³-hybridized carbons (Fsp3) is 0.200. The molecular weight excluding hydrogens is 254 g/mol. The minimum atomic E-state index is 1.19. The summed E-state index contributed by atoms with van der Waals surface area (Å²) in [5.41, 5.74) is 6.68. The topological polar surface area (TPSA) is 12.0 Å². The third kappa shape index (κ3) is 2.09. The summed E-state index contributed by atoms with van der Waals surface area (Å²) >= 11 is 0. The van der Waals surface area contributed by atoms with Gasteiger partial charge in [0.25, 0.3) is 0 Å². The minimum absolute atomic E-state index is 1.19. The molecule has 104 valence electrons. The summed E-state index contributed by atoms with van der Waals surface area (Å²) in [6.07, 6.45) is 3.69. The number of hydrogen-bond acceptors (Lipinski definition) is 1. The van der Waals surface area contributed by atoms with Gasteiger partial charge in [-0.25, -0.2) is 0 Å². The van der Waals surface area contributed by atoms with Crippen LogP contribution in [-0.2, 0) is 12.8 Å². The van der Waals surface area contributed by atoms with E-state index in [-0.39, 0.29) is 0 Å². The standard InChI is InChI=1S/C20H19N/c1-14-6-2-3-11-18(14)21-19-13-12-16-8-4-7-15-9-5-10-17(19)20(15)16/h2-3,5-6,9-13,21H,4,7-8H2,1H3. The average molecular weight is 273 g/mol. The Morgan fingerprint density at radius 3 is 2.43 bits per heavy atom. The maximum atomic E-state index is 3.62. The average Bonchev–Trinajstić information content (AvgIpc) is 2.52. The molecule has 3 aromatic rings. The van der Waals surface area contributed by atoms with Crippen LogP contribution < -0.4 is 5.32 Å². The van der Waals surface area contributed by atoms with E-state index in [0.29, 0.717) is 0 Å². The number of anilines is 2. The SMILES string of the molecule is Cc1ccccc1Nc1ccc2c3c(cccc13)CCC2. The van der Waals surface area contributed by atoms with E-state index in [2.05, 4.69) is 66.8 Å². The Bertz CT molecular complexity index is 807. The highest BCUT2D eigenvalue weighted by molar-refractivity contribution is 6.00. The summed E-state index contributed by atoms with van der Waals surface area (Å²) in [7, 11) is 0. The Kier molecular flexibility index (Phi) is 2.92. The summed E-state index contributed by atoms with van der Waals surface area (Å²) in [5, 5.41) is 6.45. The van der Waals surface area contributed by atoms with E-state index >= 15 is 0 Å². The minimum Gasteiger partial charge on any atom is -0.355 e. The van der Waals surface area contributed by atoms with Gasteiger partial charge in [-0.2, -0.15) is 0 Å². The Morgan fingerprint density at radius 1 is 0.762 bits per heavy atom. The van der Waals surface area contributed by atoms with E-state index in [4.69, 9.17) is 0 Å². The lowest BCUT2D eigenvalue weighted by Gasteiger charge is -2.20. The molecule has 0 amide bonds. The molecule has 3 aromatic carbocycles. The maximum Gasteiger partial charge on any atom is 0.0464 e. The predicted octanol–water partition coefficient (Wildman–Crippen LogP) is 5.38. The number of aryl methyl sites for hydroxylation is 3. The van der Waals surface area contributed by atoms with Crippen LogP contribution in [0.2, 0.25) is 0 Å². The largest absolute Gasteiger partial charge is 0.355 e. The van der Waals surface area contributed by atoms with E-state index in [9.17, 15) is 0 Å². The van der Waals surface area contributed by atoms with Gasteiger partial charge in [0.2, 0.25) is 0 Å². The number of rotatable bonds is 2. The molecule has 0 atom stereocenters. The van der Waals surface area contributed by atoms with Gasteiger partial charge < -0.3 is 5.32 Å². The van der Waals surface area contributed by atoms with Crippen molar-refractivity contribution in [1.29, 1.82) is 0 Å². The number of nitrogens with one attached hydrogen (secondary N) is 1. The molecule has 0 bridgehead atoms. The fourth-order valence-electron chi connectivity index (χ4n) is 3.41. The van der Waals surface area contributed by atoms with Crippen molar-refractivity contribution in [3.05, 3.63) is 71.3 Å². The lowest BCUT2D eigenvalue weighted by Crippen LogP contribution is -2.03. The van der Waals surface area contributed by atoms with Crippen molar-refractivity contribution in [2.75, 3.05) is 5.32 Å². The van der Waals surface area contributed by atoms with Gasteiger partial charge in [0.1, 0.15) is 0 Å². The molecular formula is C20H19N. The molecule has 1 N–H and O–H groups in total. The predicted molar refractivity (Wildman–Crippen MR) is 90.4 cm³/mol.